The first-order valence-electron chi connectivity index (χ1n) is 3.64. The predicted octanol–water partition coefficient (Wildman–Crippen LogP) is 1.87. The SMILES string of the molecule is Cc1nn(CCF)c(C)c1N=O. The van der Waals surface area contributed by atoms with E-state index < -0.39 is 6.67 Å². The summed E-state index contributed by atoms with van der Waals surface area (Å²) in [7, 11) is 0. The van der Waals surface area contributed by atoms with Crippen LogP contribution in [0.15, 0.2) is 5.18 Å². The molecule has 0 amide bonds. The van der Waals surface area contributed by atoms with E-state index in [0.29, 0.717) is 17.1 Å². The van der Waals surface area contributed by atoms with Crippen molar-refractivity contribution in [1.82, 2.24) is 9.78 Å². The van der Waals surface area contributed by atoms with Crippen LogP contribution in [0.2, 0.25) is 0 Å². The topological polar surface area (TPSA) is 47.2 Å². The van der Waals surface area contributed by atoms with E-state index in [1.165, 1.54) is 4.68 Å². The minimum Gasteiger partial charge on any atom is -0.265 e. The second-order valence-corrected chi connectivity index (χ2v) is 2.52. The Morgan fingerprint density at radius 2 is 2.25 bits per heavy atom. The number of hydrogen-bond donors (Lipinski definition) is 0. The van der Waals surface area contributed by atoms with Gasteiger partial charge in [-0.25, -0.2) is 4.39 Å². The minimum atomic E-state index is -0.486. The van der Waals surface area contributed by atoms with E-state index in [2.05, 4.69) is 10.3 Å². The first-order chi connectivity index (χ1) is 5.70. The van der Waals surface area contributed by atoms with E-state index in [1.807, 2.05) is 0 Å². The lowest BCUT2D eigenvalue weighted by molar-refractivity contribution is 0.422. The summed E-state index contributed by atoms with van der Waals surface area (Å²) in [5.41, 5.74) is 1.50. The van der Waals surface area contributed by atoms with Crippen molar-refractivity contribution in [2.24, 2.45) is 5.18 Å². The van der Waals surface area contributed by atoms with Gasteiger partial charge in [-0.1, -0.05) is 0 Å². The molecule has 4 nitrogen and oxygen atoms in total. The molecule has 0 atom stereocenters. The van der Waals surface area contributed by atoms with Crippen molar-refractivity contribution in [2.45, 2.75) is 20.4 Å². The highest BCUT2D eigenvalue weighted by Gasteiger charge is 2.10. The van der Waals surface area contributed by atoms with Crippen LogP contribution in [-0.4, -0.2) is 16.5 Å². The average Bonchev–Trinajstić information content (AvgIpc) is 2.29. The Balaban J connectivity index is 3.08. The van der Waals surface area contributed by atoms with Crippen LogP contribution in [0.3, 0.4) is 0 Å². The second-order valence-electron chi connectivity index (χ2n) is 2.52. The molecule has 5 heteroatoms. The lowest BCUT2D eigenvalue weighted by Gasteiger charge is -1.97. The maximum atomic E-state index is 11.9. The summed E-state index contributed by atoms with van der Waals surface area (Å²) in [6.45, 7) is 3.08. The zero-order chi connectivity index (χ0) is 9.14. The lowest BCUT2D eigenvalue weighted by atomic mass is 10.3. The molecule has 0 N–H and O–H groups in total. The van der Waals surface area contributed by atoms with Gasteiger partial charge in [-0.15, -0.1) is 4.91 Å². The van der Waals surface area contributed by atoms with Gasteiger partial charge >= 0.3 is 0 Å². The monoisotopic (exact) mass is 171 g/mol. The molecule has 0 aliphatic rings. The Kier molecular flexibility index (Phi) is 2.52. The molecule has 66 valence electrons. The van der Waals surface area contributed by atoms with Crippen LogP contribution < -0.4 is 0 Å². The fourth-order valence-corrected chi connectivity index (χ4v) is 1.12. The number of aromatic nitrogens is 2. The Morgan fingerprint density at radius 3 is 2.67 bits per heavy atom. The smallest absolute Gasteiger partial charge is 0.151 e. The van der Waals surface area contributed by atoms with Gasteiger partial charge in [0, 0.05) is 0 Å². The van der Waals surface area contributed by atoms with E-state index in [-0.39, 0.29) is 6.54 Å². The molecule has 0 saturated carbocycles. The highest BCUT2D eigenvalue weighted by atomic mass is 19.1. The van der Waals surface area contributed by atoms with Gasteiger partial charge in [0.15, 0.2) is 5.69 Å². The molecule has 0 aliphatic heterocycles. The van der Waals surface area contributed by atoms with E-state index in [1.54, 1.807) is 13.8 Å². The van der Waals surface area contributed by atoms with E-state index in [0.717, 1.165) is 0 Å². The van der Waals surface area contributed by atoms with Crippen molar-refractivity contribution in [3.8, 4) is 0 Å². The molecule has 1 aromatic heterocycles. The first kappa shape index (κ1) is 8.83. The number of hydrogen-bond acceptors (Lipinski definition) is 3. The van der Waals surface area contributed by atoms with Gasteiger partial charge in [0.1, 0.15) is 6.67 Å². The van der Waals surface area contributed by atoms with Crippen molar-refractivity contribution >= 4 is 5.69 Å². The van der Waals surface area contributed by atoms with E-state index in [9.17, 15) is 9.30 Å². The van der Waals surface area contributed by atoms with E-state index >= 15 is 0 Å². The van der Waals surface area contributed by atoms with Crippen LogP contribution in [0.25, 0.3) is 0 Å². The highest BCUT2D eigenvalue weighted by Crippen LogP contribution is 2.21. The third-order valence-corrected chi connectivity index (χ3v) is 1.73. The van der Waals surface area contributed by atoms with Crippen LogP contribution in [0.4, 0.5) is 10.1 Å². The Morgan fingerprint density at radius 1 is 1.58 bits per heavy atom. The van der Waals surface area contributed by atoms with Gasteiger partial charge in [-0.2, -0.15) is 5.10 Å². The van der Waals surface area contributed by atoms with Gasteiger partial charge < -0.3 is 0 Å². The molecule has 1 aromatic rings. The second kappa shape index (κ2) is 3.42. The fourth-order valence-electron chi connectivity index (χ4n) is 1.12. The number of aryl methyl sites for hydroxylation is 2. The quantitative estimate of drug-likeness (QED) is 0.651. The fraction of sp³-hybridized carbons (Fsp3) is 0.571. The molecule has 0 fully saturated rings. The molecular formula is C7H10FN3O. The maximum absolute atomic E-state index is 11.9. The Hall–Kier alpha value is -1.26. The van der Waals surface area contributed by atoms with Gasteiger partial charge in [0.05, 0.1) is 17.9 Å². The molecule has 1 heterocycles. The molecule has 0 aromatic carbocycles. The molecule has 0 aliphatic carbocycles. The molecule has 0 radical (unpaired) electrons. The van der Waals surface area contributed by atoms with Crippen LogP contribution in [0.5, 0.6) is 0 Å². The van der Waals surface area contributed by atoms with Crippen molar-refractivity contribution in [3.05, 3.63) is 16.3 Å². The summed E-state index contributed by atoms with van der Waals surface area (Å²) in [4.78, 5) is 10.3. The lowest BCUT2D eigenvalue weighted by Crippen LogP contribution is -2.03. The number of rotatable bonds is 3. The summed E-state index contributed by atoms with van der Waals surface area (Å²) in [6.07, 6.45) is 0. The normalized spacial score (nSPS) is 10.2. The molecule has 0 saturated heterocycles. The number of halogens is 1. The van der Waals surface area contributed by atoms with Crippen molar-refractivity contribution in [1.29, 1.82) is 0 Å². The molecule has 1 rings (SSSR count). The standard InChI is InChI=1S/C7H10FN3O/c1-5-7(10-12)6(2)11(9-5)4-3-8/h3-4H2,1-2H3. The van der Waals surface area contributed by atoms with Gasteiger partial charge in [0.25, 0.3) is 0 Å². The molecule has 0 spiro atoms. The summed E-state index contributed by atoms with van der Waals surface area (Å²) < 4.78 is 13.4. The van der Waals surface area contributed by atoms with Crippen LogP contribution in [0, 0.1) is 18.8 Å². The number of nitrogens with zero attached hydrogens (tertiary/aromatic N) is 3. The largest absolute Gasteiger partial charge is 0.265 e. The van der Waals surface area contributed by atoms with Crippen molar-refractivity contribution < 1.29 is 4.39 Å². The summed E-state index contributed by atoms with van der Waals surface area (Å²) in [5, 5.41) is 6.77. The minimum absolute atomic E-state index is 0.183. The third kappa shape index (κ3) is 1.34. The summed E-state index contributed by atoms with van der Waals surface area (Å²) >= 11 is 0. The van der Waals surface area contributed by atoms with Crippen LogP contribution in [0.1, 0.15) is 11.4 Å². The highest BCUT2D eigenvalue weighted by molar-refractivity contribution is 5.45. The summed E-state index contributed by atoms with van der Waals surface area (Å²) in [6, 6.07) is 0. The number of alkyl halides is 1. The predicted molar refractivity (Wildman–Crippen MR) is 43.1 cm³/mol. The van der Waals surface area contributed by atoms with Crippen LogP contribution in [-0.2, 0) is 6.54 Å². The van der Waals surface area contributed by atoms with Crippen molar-refractivity contribution in [3.63, 3.8) is 0 Å². The first-order valence-corrected chi connectivity index (χ1v) is 3.64. The number of nitroso groups, excluding NO2 is 1. The van der Waals surface area contributed by atoms with Gasteiger partial charge in [0.2, 0.25) is 0 Å². The molecule has 0 unspecified atom stereocenters. The maximum Gasteiger partial charge on any atom is 0.151 e. The van der Waals surface area contributed by atoms with Gasteiger partial charge in [-0.3, -0.25) is 4.68 Å². The van der Waals surface area contributed by atoms with Gasteiger partial charge in [-0.05, 0) is 19.0 Å². The Labute approximate surface area is 69.4 Å². The van der Waals surface area contributed by atoms with Crippen molar-refractivity contribution in [2.75, 3.05) is 6.67 Å². The third-order valence-electron chi connectivity index (χ3n) is 1.73. The molecule has 0 bridgehead atoms. The molecule has 12 heavy (non-hydrogen) atoms. The average molecular weight is 171 g/mol. The zero-order valence-corrected chi connectivity index (χ0v) is 7.04. The summed E-state index contributed by atoms with van der Waals surface area (Å²) in [5.74, 6) is 0. The van der Waals surface area contributed by atoms with Crippen LogP contribution >= 0.6 is 0 Å². The molecular weight excluding hydrogens is 161 g/mol. The Bertz CT molecular complexity index is 295. The zero-order valence-electron chi connectivity index (χ0n) is 7.04. The van der Waals surface area contributed by atoms with E-state index in [4.69, 9.17) is 0 Å².